The second-order valence-electron chi connectivity index (χ2n) is 4.65. The number of hydrogen-bond donors (Lipinski definition) is 3. The molecule has 0 bridgehead atoms. The second-order valence-corrected chi connectivity index (χ2v) is 4.65. The van der Waals surface area contributed by atoms with Crippen molar-refractivity contribution in [3.05, 3.63) is 29.8 Å². The maximum absolute atomic E-state index is 11.7. The van der Waals surface area contributed by atoms with E-state index < -0.39 is 18.0 Å². The minimum atomic E-state index is -0.744. The van der Waals surface area contributed by atoms with Gasteiger partial charge in [-0.3, -0.25) is 10.1 Å². The normalized spacial score (nSPS) is 11.6. The molecule has 0 fully saturated rings. The fourth-order valence-electron chi connectivity index (χ4n) is 1.63. The molecular formula is C15H23N3O3. The topological polar surface area (TPSA) is 79.5 Å². The molecule has 0 aliphatic rings. The van der Waals surface area contributed by atoms with E-state index in [2.05, 4.69) is 22.9 Å². The number of carbonyl (C=O) groups excluding carboxylic acids is 2. The molecule has 1 atom stereocenters. The Kier molecular flexibility index (Phi) is 7.25. The minimum absolute atomic E-state index is 0.483. The van der Waals surface area contributed by atoms with Gasteiger partial charge in [-0.1, -0.05) is 19.1 Å². The van der Waals surface area contributed by atoms with E-state index >= 15 is 0 Å². The fraction of sp³-hybridized carbons (Fsp3) is 0.467. The van der Waals surface area contributed by atoms with Crippen LogP contribution in [0.1, 0.15) is 25.8 Å². The molecule has 1 unspecified atom stereocenters. The molecule has 0 heterocycles. The van der Waals surface area contributed by atoms with Gasteiger partial charge in [0.25, 0.3) is 5.91 Å². The summed E-state index contributed by atoms with van der Waals surface area (Å²) in [6.07, 6.45) is 0.352. The third kappa shape index (κ3) is 6.27. The van der Waals surface area contributed by atoms with Crippen LogP contribution in [0.4, 0.5) is 4.79 Å². The highest BCUT2D eigenvalue weighted by atomic mass is 16.5. The Hall–Kier alpha value is -2.08. The van der Waals surface area contributed by atoms with Gasteiger partial charge < -0.3 is 15.4 Å². The molecule has 0 aromatic heterocycles. The molecule has 0 saturated carbocycles. The van der Waals surface area contributed by atoms with E-state index in [0.29, 0.717) is 5.75 Å². The minimum Gasteiger partial charge on any atom is -0.481 e. The summed E-state index contributed by atoms with van der Waals surface area (Å²) in [5.41, 5.74) is 1.15. The summed E-state index contributed by atoms with van der Waals surface area (Å²) in [5, 5.41) is 7.79. The number of amides is 3. The van der Waals surface area contributed by atoms with Gasteiger partial charge in [-0.05, 0) is 37.6 Å². The Bertz CT molecular complexity index is 460. The Labute approximate surface area is 125 Å². The van der Waals surface area contributed by atoms with Gasteiger partial charge >= 0.3 is 6.03 Å². The third-order valence-corrected chi connectivity index (χ3v) is 2.83. The van der Waals surface area contributed by atoms with Crippen LogP contribution in [0, 0.1) is 0 Å². The maximum atomic E-state index is 11.7. The molecule has 1 aromatic rings. The van der Waals surface area contributed by atoms with Gasteiger partial charge in [-0.15, -0.1) is 0 Å². The Morgan fingerprint density at radius 2 is 1.90 bits per heavy atom. The lowest BCUT2D eigenvalue weighted by atomic mass is 10.2. The molecule has 0 spiro atoms. The SMILES string of the molecule is CCCNCc1ccc(OC(C)C(=O)NC(=O)NC)cc1. The number of benzene rings is 1. The van der Waals surface area contributed by atoms with Gasteiger partial charge in [0.2, 0.25) is 0 Å². The van der Waals surface area contributed by atoms with Gasteiger partial charge in [-0.2, -0.15) is 0 Å². The lowest BCUT2D eigenvalue weighted by Crippen LogP contribution is -2.43. The summed E-state index contributed by atoms with van der Waals surface area (Å²) in [5.74, 6) is 0.108. The van der Waals surface area contributed by atoms with E-state index in [0.717, 1.165) is 25.1 Å². The predicted molar refractivity (Wildman–Crippen MR) is 81.1 cm³/mol. The van der Waals surface area contributed by atoms with Gasteiger partial charge in [0.05, 0.1) is 0 Å². The van der Waals surface area contributed by atoms with E-state index in [-0.39, 0.29) is 0 Å². The number of urea groups is 1. The van der Waals surface area contributed by atoms with Gasteiger partial charge in [0.1, 0.15) is 5.75 Å². The molecule has 116 valence electrons. The van der Waals surface area contributed by atoms with Crippen LogP contribution in [0.2, 0.25) is 0 Å². The van der Waals surface area contributed by atoms with Crippen molar-refractivity contribution in [1.82, 2.24) is 16.0 Å². The number of carbonyl (C=O) groups is 2. The van der Waals surface area contributed by atoms with E-state index in [1.165, 1.54) is 7.05 Å². The molecular weight excluding hydrogens is 270 g/mol. The number of hydrogen-bond acceptors (Lipinski definition) is 4. The smallest absolute Gasteiger partial charge is 0.321 e. The highest BCUT2D eigenvalue weighted by molar-refractivity contribution is 5.96. The molecule has 3 N–H and O–H groups in total. The maximum Gasteiger partial charge on any atom is 0.321 e. The summed E-state index contributed by atoms with van der Waals surface area (Å²) < 4.78 is 5.49. The quantitative estimate of drug-likeness (QED) is 0.664. The van der Waals surface area contributed by atoms with Crippen LogP contribution in [0.3, 0.4) is 0 Å². The van der Waals surface area contributed by atoms with Crippen LogP contribution >= 0.6 is 0 Å². The second kappa shape index (κ2) is 8.97. The molecule has 1 rings (SSSR count). The zero-order valence-corrected chi connectivity index (χ0v) is 12.7. The first-order valence-corrected chi connectivity index (χ1v) is 7.05. The first kappa shape index (κ1) is 17.0. The van der Waals surface area contributed by atoms with E-state index in [1.807, 2.05) is 24.3 Å². The molecule has 1 aromatic carbocycles. The standard InChI is InChI=1S/C15H23N3O3/c1-4-9-17-10-12-5-7-13(8-6-12)21-11(2)14(19)18-15(20)16-3/h5-8,11,17H,4,9-10H2,1-3H3,(H2,16,18,19,20). The molecule has 0 saturated heterocycles. The van der Waals surface area contributed by atoms with Gasteiger partial charge in [0, 0.05) is 13.6 Å². The Morgan fingerprint density at radius 3 is 2.48 bits per heavy atom. The monoisotopic (exact) mass is 293 g/mol. The first-order chi connectivity index (χ1) is 10.1. The van der Waals surface area contributed by atoms with Crippen molar-refractivity contribution in [2.45, 2.75) is 32.9 Å². The van der Waals surface area contributed by atoms with Crippen LogP contribution in [0.15, 0.2) is 24.3 Å². The zero-order valence-electron chi connectivity index (χ0n) is 12.7. The lowest BCUT2D eigenvalue weighted by molar-refractivity contribution is -0.126. The van der Waals surface area contributed by atoms with Crippen LogP contribution in [0.25, 0.3) is 0 Å². The van der Waals surface area contributed by atoms with E-state index in [4.69, 9.17) is 4.74 Å². The summed E-state index contributed by atoms with van der Waals surface area (Å²) in [6.45, 7) is 5.50. The number of imide groups is 1. The largest absolute Gasteiger partial charge is 0.481 e. The van der Waals surface area contributed by atoms with Crippen molar-refractivity contribution in [1.29, 1.82) is 0 Å². The zero-order chi connectivity index (χ0) is 15.7. The van der Waals surface area contributed by atoms with Crippen molar-refractivity contribution in [3.8, 4) is 5.75 Å². The van der Waals surface area contributed by atoms with Crippen molar-refractivity contribution in [3.63, 3.8) is 0 Å². The average molecular weight is 293 g/mol. The third-order valence-electron chi connectivity index (χ3n) is 2.83. The number of rotatable bonds is 7. The molecule has 0 radical (unpaired) electrons. The van der Waals surface area contributed by atoms with Crippen molar-refractivity contribution in [2.75, 3.05) is 13.6 Å². The molecule has 3 amide bonds. The molecule has 6 heteroatoms. The Balaban J connectivity index is 2.47. The molecule has 0 aliphatic heterocycles. The van der Waals surface area contributed by atoms with Crippen LogP contribution in [-0.2, 0) is 11.3 Å². The lowest BCUT2D eigenvalue weighted by Gasteiger charge is -2.14. The molecule has 21 heavy (non-hydrogen) atoms. The van der Waals surface area contributed by atoms with Crippen LogP contribution < -0.4 is 20.7 Å². The number of ether oxygens (including phenoxy) is 1. The first-order valence-electron chi connectivity index (χ1n) is 7.05. The van der Waals surface area contributed by atoms with Crippen LogP contribution in [-0.4, -0.2) is 31.6 Å². The average Bonchev–Trinajstić information content (AvgIpc) is 2.49. The fourth-order valence-corrected chi connectivity index (χ4v) is 1.63. The number of nitrogens with one attached hydrogen (secondary N) is 3. The van der Waals surface area contributed by atoms with Gasteiger partial charge in [-0.25, -0.2) is 4.79 Å². The summed E-state index contributed by atoms with van der Waals surface area (Å²) in [6, 6.07) is 6.97. The van der Waals surface area contributed by atoms with Gasteiger partial charge in [0.15, 0.2) is 6.10 Å². The summed E-state index contributed by atoms with van der Waals surface area (Å²) in [7, 11) is 1.44. The summed E-state index contributed by atoms with van der Waals surface area (Å²) in [4.78, 5) is 22.7. The van der Waals surface area contributed by atoms with Crippen molar-refractivity contribution in [2.24, 2.45) is 0 Å². The summed E-state index contributed by atoms with van der Waals surface area (Å²) >= 11 is 0. The van der Waals surface area contributed by atoms with E-state index in [1.54, 1.807) is 6.92 Å². The molecule has 6 nitrogen and oxygen atoms in total. The van der Waals surface area contributed by atoms with Crippen molar-refractivity contribution < 1.29 is 14.3 Å². The molecule has 0 aliphatic carbocycles. The van der Waals surface area contributed by atoms with E-state index in [9.17, 15) is 9.59 Å². The van der Waals surface area contributed by atoms with Crippen molar-refractivity contribution >= 4 is 11.9 Å². The highest BCUT2D eigenvalue weighted by Gasteiger charge is 2.16. The Morgan fingerprint density at radius 1 is 1.24 bits per heavy atom. The van der Waals surface area contributed by atoms with Crippen LogP contribution in [0.5, 0.6) is 5.75 Å². The predicted octanol–water partition coefficient (Wildman–Crippen LogP) is 1.41. The highest BCUT2D eigenvalue weighted by Crippen LogP contribution is 2.14.